The molecule has 0 fully saturated rings. The molecule has 0 bridgehead atoms. The second kappa shape index (κ2) is 4.03. The van der Waals surface area contributed by atoms with Gasteiger partial charge in [0.1, 0.15) is 0 Å². The van der Waals surface area contributed by atoms with Crippen molar-refractivity contribution in [3.63, 3.8) is 0 Å². The minimum absolute atomic E-state index is 0.225. The molecule has 0 saturated carbocycles. The van der Waals surface area contributed by atoms with Gasteiger partial charge in [0, 0.05) is 15.4 Å². The van der Waals surface area contributed by atoms with Crippen LogP contribution in [0.4, 0.5) is 0 Å². The second-order valence-electron chi connectivity index (χ2n) is 3.28. The average molecular weight is 258 g/mol. The van der Waals surface area contributed by atoms with Gasteiger partial charge in [-0.15, -0.1) is 11.8 Å². The summed E-state index contributed by atoms with van der Waals surface area (Å²) in [6.07, 6.45) is 2.33. The van der Waals surface area contributed by atoms with Crippen molar-refractivity contribution in [2.45, 2.75) is 23.8 Å². The maximum atomic E-state index is 6.08. The lowest BCUT2D eigenvalue weighted by Gasteiger charge is -2.11. The van der Waals surface area contributed by atoms with Crippen LogP contribution in [0.15, 0.2) is 27.6 Å². The van der Waals surface area contributed by atoms with E-state index < -0.39 is 0 Å². The number of halogens is 1. The molecule has 1 aliphatic rings. The molecular weight excluding hydrogens is 246 g/mol. The Kier molecular flexibility index (Phi) is 2.96. The van der Waals surface area contributed by atoms with Gasteiger partial charge in [-0.25, -0.2) is 0 Å². The maximum Gasteiger partial charge on any atom is 0.0306 e. The van der Waals surface area contributed by atoms with E-state index in [1.54, 1.807) is 0 Å². The van der Waals surface area contributed by atoms with Crippen molar-refractivity contribution in [1.82, 2.24) is 0 Å². The normalized spacial score (nSPS) is 22.2. The van der Waals surface area contributed by atoms with Gasteiger partial charge in [0.25, 0.3) is 0 Å². The van der Waals surface area contributed by atoms with Crippen LogP contribution in [0, 0.1) is 0 Å². The van der Waals surface area contributed by atoms with E-state index in [9.17, 15) is 0 Å². The van der Waals surface area contributed by atoms with E-state index in [1.165, 1.54) is 22.6 Å². The van der Waals surface area contributed by atoms with Crippen molar-refractivity contribution in [2.24, 2.45) is 5.73 Å². The highest BCUT2D eigenvalue weighted by Gasteiger charge is 2.15. The number of fused-ring (bicyclic) bond motifs is 1. The molecule has 0 amide bonds. The predicted octanol–water partition coefficient (Wildman–Crippen LogP) is 3.33. The van der Waals surface area contributed by atoms with Gasteiger partial charge >= 0.3 is 0 Å². The molecule has 2 N–H and O–H groups in total. The topological polar surface area (TPSA) is 26.0 Å². The molecule has 0 aliphatic carbocycles. The molecule has 0 saturated heterocycles. The first-order valence-electron chi connectivity index (χ1n) is 4.45. The van der Waals surface area contributed by atoms with Crippen molar-refractivity contribution >= 4 is 27.7 Å². The summed E-state index contributed by atoms with van der Waals surface area (Å²) in [5.41, 5.74) is 7.38. The van der Waals surface area contributed by atoms with Crippen molar-refractivity contribution in [3.05, 3.63) is 28.2 Å². The van der Waals surface area contributed by atoms with Crippen LogP contribution in [-0.2, 0) is 0 Å². The van der Waals surface area contributed by atoms with E-state index >= 15 is 0 Å². The fraction of sp³-hybridized carbons (Fsp3) is 0.400. The van der Waals surface area contributed by atoms with Crippen LogP contribution < -0.4 is 5.73 Å². The summed E-state index contributed by atoms with van der Waals surface area (Å²) in [5, 5.41) is 0. The Labute approximate surface area is 91.2 Å². The van der Waals surface area contributed by atoms with Crippen molar-refractivity contribution in [2.75, 3.05) is 5.75 Å². The van der Waals surface area contributed by atoms with Crippen LogP contribution in [0.1, 0.15) is 24.4 Å². The van der Waals surface area contributed by atoms with Gasteiger partial charge in [-0.1, -0.05) is 15.9 Å². The lowest BCUT2D eigenvalue weighted by Crippen LogP contribution is -2.09. The second-order valence-corrected chi connectivity index (χ2v) is 5.33. The maximum absolute atomic E-state index is 6.08. The smallest absolute Gasteiger partial charge is 0.0306 e. The van der Waals surface area contributed by atoms with E-state index in [0.717, 1.165) is 10.9 Å². The molecule has 0 unspecified atom stereocenters. The van der Waals surface area contributed by atoms with Crippen molar-refractivity contribution in [1.29, 1.82) is 0 Å². The summed E-state index contributed by atoms with van der Waals surface area (Å²) < 4.78 is 1.13. The van der Waals surface area contributed by atoms with Gasteiger partial charge in [0.2, 0.25) is 0 Å². The molecule has 70 valence electrons. The van der Waals surface area contributed by atoms with Crippen LogP contribution in [-0.4, -0.2) is 5.75 Å². The molecule has 13 heavy (non-hydrogen) atoms. The third kappa shape index (κ3) is 2.09. The van der Waals surface area contributed by atoms with E-state index in [1.807, 2.05) is 11.8 Å². The molecule has 1 heterocycles. The molecule has 0 radical (unpaired) electrons. The Bertz CT molecular complexity index is 314. The lowest BCUT2D eigenvalue weighted by atomic mass is 10.0. The molecule has 2 rings (SSSR count). The largest absolute Gasteiger partial charge is 0.324 e. The minimum Gasteiger partial charge on any atom is -0.324 e. The van der Waals surface area contributed by atoms with Crippen LogP contribution in [0.3, 0.4) is 0 Å². The SMILES string of the molecule is N[C@H]1CCCSc2ccc(Br)cc21. The highest BCUT2D eigenvalue weighted by Crippen LogP contribution is 2.34. The molecule has 1 nitrogen and oxygen atoms in total. The summed E-state index contributed by atoms with van der Waals surface area (Å²) in [7, 11) is 0. The van der Waals surface area contributed by atoms with Gasteiger partial charge in [-0.05, 0) is 42.4 Å². The number of thioether (sulfide) groups is 1. The Morgan fingerprint density at radius 3 is 3.15 bits per heavy atom. The molecule has 1 aromatic rings. The summed E-state index contributed by atoms with van der Waals surface area (Å²) in [6, 6.07) is 6.62. The first-order valence-corrected chi connectivity index (χ1v) is 6.23. The number of hydrogen-bond donors (Lipinski definition) is 1. The molecule has 1 aliphatic heterocycles. The number of rotatable bonds is 0. The Morgan fingerprint density at radius 2 is 2.31 bits per heavy atom. The first kappa shape index (κ1) is 9.56. The van der Waals surface area contributed by atoms with Crippen molar-refractivity contribution in [3.8, 4) is 0 Å². The van der Waals surface area contributed by atoms with Gasteiger partial charge in [-0.3, -0.25) is 0 Å². The van der Waals surface area contributed by atoms with Gasteiger partial charge in [-0.2, -0.15) is 0 Å². The summed E-state index contributed by atoms with van der Waals surface area (Å²) in [5.74, 6) is 1.20. The molecule has 0 spiro atoms. The molecule has 3 heteroatoms. The van der Waals surface area contributed by atoms with Crippen molar-refractivity contribution < 1.29 is 0 Å². The first-order chi connectivity index (χ1) is 6.27. The van der Waals surface area contributed by atoms with E-state index in [-0.39, 0.29) is 6.04 Å². The van der Waals surface area contributed by atoms with Crippen LogP contribution in [0.5, 0.6) is 0 Å². The number of hydrogen-bond acceptors (Lipinski definition) is 2. The summed E-state index contributed by atoms with van der Waals surface area (Å²) in [4.78, 5) is 1.35. The van der Waals surface area contributed by atoms with E-state index in [0.29, 0.717) is 0 Å². The predicted molar refractivity (Wildman–Crippen MR) is 61.0 cm³/mol. The van der Waals surface area contributed by atoms with E-state index in [2.05, 4.69) is 34.1 Å². The highest BCUT2D eigenvalue weighted by molar-refractivity contribution is 9.10. The quantitative estimate of drug-likeness (QED) is 0.772. The van der Waals surface area contributed by atoms with Gasteiger partial charge in [0.15, 0.2) is 0 Å². The zero-order chi connectivity index (χ0) is 9.26. The van der Waals surface area contributed by atoms with E-state index in [4.69, 9.17) is 5.73 Å². The zero-order valence-corrected chi connectivity index (χ0v) is 9.70. The number of benzene rings is 1. The minimum atomic E-state index is 0.225. The van der Waals surface area contributed by atoms with Crippen LogP contribution in [0.25, 0.3) is 0 Å². The van der Waals surface area contributed by atoms with Crippen LogP contribution in [0.2, 0.25) is 0 Å². The van der Waals surface area contributed by atoms with Crippen LogP contribution >= 0.6 is 27.7 Å². The summed E-state index contributed by atoms with van der Waals surface area (Å²) in [6.45, 7) is 0. The van der Waals surface area contributed by atoms with Gasteiger partial charge in [0.05, 0.1) is 0 Å². The zero-order valence-electron chi connectivity index (χ0n) is 7.29. The third-order valence-electron chi connectivity index (χ3n) is 2.29. The molecule has 1 aromatic carbocycles. The fourth-order valence-electron chi connectivity index (χ4n) is 1.58. The average Bonchev–Trinajstić information content (AvgIpc) is 2.29. The number of nitrogens with two attached hydrogens (primary N) is 1. The molecule has 1 atom stereocenters. The summed E-state index contributed by atoms with van der Waals surface area (Å²) >= 11 is 5.40. The fourth-order valence-corrected chi connectivity index (χ4v) is 3.03. The Balaban J connectivity index is 2.43. The van der Waals surface area contributed by atoms with Gasteiger partial charge < -0.3 is 5.73 Å². The molecule has 0 aromatic heterocycles. The molecular formula is C10H12BrNS. The lowest BCUT2D eigenvalue weighted by molar-refractivity contribution is 0.640. The Morgan fingerprint density at radius 1 is 1.46 bits per heavy atom. The highest BCUT2D eigenvalue weighted by atomic mass is 79.9. The standard InChI is InChI=1S/C10H12BrNS/c11-7-3-4-10-8(6-7)9(12)2-1-5-13-10/h3-4,6,9H,1-2,5,12H2/t9-/m0/s1. The monoisotopic (exact) mass is 257 g/mol. The third-order valence-corrected chi connectivity index (χ3v) is 3.96. The Hall–Kier alpha value is 0.01000.